The van der Waals surface area contributed by atoms with Crippen molar-refractivity contribution in [2.75, 3.05) is 11.9 Å². The number of hydrogen-bond donors (Lipinski definition) is 2. The van der Waals surface area contributed by atoms with Gasteiger partial charge < -0.3 is 15.4 Å². The molecule has 0 unspecified atom stereocenters. The van der Waals surface area contributed by atoms with E-state index in [0.29, 0.717) is 17.8 Å². The first-order chi connectivity index (χ1) is 13.0. The standard InChI is InChI=1S/C22H26N2O3/c1-15(2)27-20-10-6-16(7-11-20)12-13-23-21(25)18-4-3-5-19(14-18)24-22(26)17-8-9-17/h3-7,10-11,14-15,17H,8-9,12-13H2,1-2H3,(H,23,25)(H,24,26). The van der Waals surface area contributed by atoms with E-state index in [9.17, 15) is 9.59 Å². The molecule has 2 amide bonds. The normalized spacial score (nSPS) is 13.3. The summed E-state index contributed by atoms with van der Waals surface area (Å²) in [6.45, 7) is 4.54. The lowest BCUT2D eigenvalue weighted by atomic mass is 10.1. The maximum Gasteiger partial charge on any atom is 0.251 e. The van der Waals surface area contributed by atoms with Crippen LogP contribution in [0.4, 0.5) is 5.69 Å². The number of rotatable bonds is 8. The quantitative estimate of drug-likeness (QED) is 0.747. The van der Waals surface area contributed by atoms with Crippen LogP contribution in [0.2, 0.25) is 0 Å². The average Bonchev–Trinajstić information content (AvgIpc) is 3.48. The van der Waals surface area contributed by atoms with Gasteiger partial charge in [-0.2, -0.15) is 0 Å². The number of hydrogen-bond acceptors (Lipinski definition) is 3. The van der Waals surface area contributed by atoms with Gasteiger partial charge in [0.05, 0.1) is 6.10 Å². The number of nitrogens with one attached hydrogen (secondary N) is 2. The fourth-order valence-corrected chi connectivity index (χ4v) is 2.76. The zero-order valence-electron chi connectivity index (χ0n) is 15.8. The fourth-order valence-electron chi connectivity index (χ4n) is 2.76. The second kappa shape index (κ2) is 8.71. The maximum atomic E-state index is 12.4. The second-order valence-corrected chi connectivity index (χ2v) is 7.16. The molecular formula is C22H26N2O3. The Labute approximate surface area is 160 Å². The molecule has 0 atom stereocenters. The largest absolute Gasteiger partial charge is 0.491 e. The molecule has 3 rings (SSSR count). The molecule has 2 N–H and O–H groups in total. The number of ether oxygens (including phenoxy) is 1. The van der Waals surface area contributed by atoms with E-state index in [2.05, 4.69) is 10.6 Å². The van der Waals surface area contributed by atoms with E-state index in [1.54, 1.807) is 24.3 Å². The zero-order valence-corrected chi connectivity index (χ0v) is 15.8. The van der Waals surface area contributed by atoms with E-state index in [4.69, 9.17) is 4.74 Å². The van der Waals surface area contributed by atoms with E-state index in [-0.39, 0.29) is 23.8 Å². The Hall–Kier alpha value is -2.82. The first-order valence-electron chi connectivity index (χ1n) is 9.46. The number of amides is 2. The molecule has 1 aliphatic rings. The van der Waals surface area contributed by atoms with Crippen LogP contribution in [-0.2, 0) is 11.2 Å². The van der Waals surface area contributed by atoms with Crippen LogP contribution >= 0.6 is 0 Å². The third-order valence-electron chi connectivity index (χ3n) is 4.33. The molecule has 142 valence electrons. The van der Waals surface area contributed by atoms with Crippen molar-refractivity contribution in [2.45, 2.75) is 39.2 Å². The van der Waals surface area contributed by atoms with E-state index in [1.165, 1.54) is 0 Å². The van der Waals surface area contributed by atoms with Crippen LogP contribution in [0.15, 0.2) is 48.5 Å². The van der Waals surface area contributed by atoms with E-state index in [0.717, 1.165) is 30.6 Å². The lowest BCUT2D eigenvalue weighted by Gasteiger charge is -2.10. The molecule has 0 saturated heterocycles. The summed E-state index contributed by atoms with van der Waals surface area (Å²) in [6, 6.07) is 15.0. The van der Waals surface area contributed by atoms with Gasteiger partial charge in [0.1, 0.15) is 5.75 Å². The summed E-state index contributed by atoms with van der Waals surface area (Å²) in [7, 11) is 0. The molecule has 0 radical (unpaired) electrons. The van der Waals surface area contributed by atoms with Crippen LogP contribution in [0.3, 0.4) is 0 Å². The molecule has 0 aromatic heterocycles. The van der Waals surface area contributed by atoms with Gasteiger partial charge in [-0.05, 0) is 69.0 Å². The smallest absolute Gasteiger partial charge is 0.251 e. The molecule has 2 aromatic rings. The third-order valence-corrected chi connectivity index (χ3v) is 4.33. The first kappa shape index (κ1) is 19.0. The molecule has 1 saturated carbocycles. The summed E-state index contributed by atoms with van der Waals surface area (Å²) < 4.78 is 5.63. The summed E-state index contributed by atoms with van der Waals surface area (Å²) in [4.78, 5) is 24.2. The molecule has 1 fully saturated rings. The van der Waals surface area contributed by atoms with Gasteiger partial charge in [-0.15, -0.1) is 0 Å². The Bertz CT molecular complexity index is 795. The molecule has 1 aliphatic carbocycles. The molecule has 5 nitrogen and oxygen atoms in total. The Morgan fingerprint density at radius 1 is 1.11 bits per heavy atom. The first-order valence-corrected chi connectivity index (χ1v) is 9.46. The van der Waals surface area contributed by atoms with Crippen molar-refractivity contribution in [3.63, 3.8) is 0 Å². The van der Waals surface area contributed by atoms with E-state index >= 15 is 0 Å². The lowest BCUT2D eigenvalue weighted by molar-refractivity contribution is -0.117. The molecule has 5 heteroatoms. The SMILES string of the molecule is CC(C)Oc1ccc(CCNC(=O)c2cccc(NC(=O)C3CC3)c2)cc1. The van der Waals surface area contributed by atoms with Crippen molar-refractivity contribution in [2.24, 2.45) is 5.92 Å². The van der Waals surface area contributed by atoms with Gasteiger partial charge in [-0.3, -0.25) is 9.59 Å². The van der Waals surface area contributed by atoms with Crippen LogP contribution in [0.25, 0.3) is 0 Å². The monoisotopic (exact) mass is 366 g/mol. The number of carbonyl (C=O) groups excluding carboxylic acids is 2. The van der Waals surface area contributed by atoms with Gasteiger partial charge in [0, 0.05) is 23.7 Å². The van der Waals surface area contributed by atoms with Crippen molar-refractivity contribution >= 4 is 17.5 Å². The molecule has 27 heavy (non-hydrogen) atoms. The molecule has 0 heterocycles. The minimum atomic E-state index is -0.141. The van der Waals surface area contributed by atoms with Crippen molar-refractivity contribution in [1.29, 1.82) is 0 Å². The van der Waals surface area contributed by atoms with Gasteiger partial charge in [0.25, 0.3) is 5.91 Å². The molecule has 2 aromatic carbocycles. The summed E-state index contributed by atoms with van der Waals surface area (Å²) in [5.74, 6) is 0.886. The van der Waals surface area contributed by atoms with Gasteiger partial charge in [0.15, 0.2) is 0 Å². The Kier molecular flexibility index (Phi) is 6.12. The Balaban J connectivity index is 1.48. The number of benzene rings is 2. The van der Waals surface area contributed by atoms with Gasteiger partial charge in [-0.25, -0.2) is 0 Å². The van der Waals surface area contributed by atoms with Crippen molar-refractivity contribution in [3.8, 4) is 5.75 Å². The van der Waals surface area contributed by atoms with Crippen LogP contribution in [0, 0.1) is 5.92 Å². The third kappa shape index (κ3) is 5.84. The number of anilines is 1. The highest BCUT2D eigenvalue weighted by Crippen LogP contribution is 2.30. The van der Waals surface area contributed by atoms with E-state index < -0.39 is 0 Å². The fraction of sp³-hybridized carbons (Fsp3) is 0.364. The Morgan fingerprint density at radius 3 is 2.52 bits per heavy atom. The van der Waals surface area contributed by atoms with Crippen LogP contribution in [0.5, 0.6) is 5.75 Å². The maximum absolute atomic E-state index is 12.4. The predicted molar refractivity (Wildman–Crippen MR) is 106 cm³/mol. The average molecular weight is 366 g/mol. The van der Waals surface area contributed by atoms with Crippen molar-refractivity contribution < 1.29 is 14.3 Å². The number of carbonyl (C=O) groups is 2. The van der Waals surface area contributed by atoms with Gasteiger partial charge >= 0.3 is 0 Å². The predicted octanol–water partition coefficient (Wildman–Crippen LogP) is 3.79. The van der Waals surface area contributed by atoms with Crippen LogP contribution in [-0.4, -0.2) is 24.5 Å². The van der Waals surface area contributed by atoms with Crippen LogP contribution in [0.1, 0.15) is 42.6 Å². The summed E-state index contributed by atoms with van der Waals surface area (Å²) in [5.41, 5.74) is 2.35. The van der Waals surface area contributed by atoms with Crippen LogP contribution < -0.4 is 15.4 Å². The van der Waals surface area contributed by atoms with Crippen molar-refractivity contribution in [1.82, 2.24) is 5.32 Å². The Morgan fingerprint density at radius 2 is 1.85 bits per heavy atom. The minimum Gasteiger partial charge on any atom is -0.491 e. The lowest BCUT2D eigenvalue weighted by Crippen LogP contribution is -2.25. The van der Waals surface area contributed by atoms with Crippen molar-refractivity contribution in [3.05, 3.63) is 59.7 Å². The summed E-state index contributed by atoms with van der Waals surface area (Å²) in [6.07, 6.45) is 2.80. The minimum absolute atomic E-state index is 0.0393. The van der Waals surface area contributed by atoms with E-state index in [1.807, 2.05) is 38.1 Å². The van der Waals surface area contributed by atoms with Gasteiger partial charge in [-0.1, -0.05) is 18.2 Å². The molecule has 0 aliphatic heterocycles. The van der Waals surface area contributed by atoms with Gasteiger partial charge in [0.2, 0.25) is 5.91 Å². The summed E-state index contributed by atoms with van der Waals surface area (Å²) >= 11 is 0. The topological polar surface area (TPSA) is 67.4 Å². The second-order valence-electron chi connectivity index (χ2n) is 7.16. The molecular weight excluding hydrogens is 340 g/mol. The highest BCUT2D eigenvalue weighted by atomic mass is 16.5. The zero-order chi connectivity index (χ0) is 19.2. The summed E-state index contributed by atoms with van der Waals surface area (Å²) in [5, 5.41) is 5.80. The highest BCUT2D eigenvalue weighted by molar-refractivity contribution is 5.98. The highest BCUT2D eigenvalue weighted by Gasteiger charge is 2.29. The molecule has 0 bridgehead atoms. The molecule has 0 spiro atoms.